The first-order valence-corrected chi connectivity index (χ1v) is 9.92. The molecule has 0 radical (unpaired) electrons. The summed E-state index contributed by atoms with van der Waals surface area (Å²) in [6.07, 6.45) is -5.51. The average Bonchev–Trinajstić information content (AvgIpc) is 3.29. The number of hydrogen-bond donors (Lipinski definition) is 3. The monoisotopic (exact) mass is 410 g/mol. The van der Waals surface area contributed by atoms with E-state index in [-0.39, 0.29) is 19.5 Å². The van der Waals surface area contributed by atoms with Crippen LogP contribution in [0.5, 0.6) is 0 Å². The molecule has 0 aromatic heterocycles. The highest BCUT2D eigenvalue weighted by molar-refractivity contribution is 5.89. The fourth-order valence-electron chi connectivity index (χ4n) is 7.78. The number of fused-ring (bicyclic) bond motifs is 1. The van der Waals surface area contributed by atoms with Crippen molar-refractivity contribution in [2.24, 2.45) is 22.7 Å². The Morgan fingerprint density at radius 2 is 2.14 bits per heavy atom. The highest BCUT2D eigenvalue weighted by Crippen LogP contribution is 2.82. The first-order chi connectivity index (χ1) is 13.6. The number of aliphatic hydroxyl groups excluding tert-OH is 2. The molecule has 160 valence electrons. The van der Waals surface area contributed by atoms with Gasteiger partial charge < -0.3 is 34.3 Å². The molecule has 5 aliphatic rings. The molecule has 5 fully saturated rings. The molecule has 0 amide bonds. The van der Waals surface area contributed by atoms with Gasteiger partial charge in [-0.2, -0.15) is 0 Å². The maximum atomic E-state index is 13.4. The number of rotatable bonds is 4. The zero-order valence-corrected chi connectivity index (χ0v) is 16.5. The molecule has 3 saturated heterocycles. The van der Waals surface area contributed by atoms with Crippen LogP contribution in [0.4, 0.5) is 0 Å². The molecule has 0 bridgehead atoms. The maximum Gasteiger partial charge on any atom is 0.342 e. The van der Waals surface area contributed by atoms with Crippen LogP contribution in [0.1, 0.15) is 27.2 Å². The number of carbonyl (C=O) groups excluding carboxylic acids is 2. The van der Waals surface area contributed by atoms with E-state index in [9.17, 15) is 24.9 Å². The summed E-state index contributed by atoms with van der Waals surface area (Å²) in [7, 11) is 0. The number of carbonyl (C=O) groups is 2. The van der Waals surface area contributed by atoms with Crippen molar-refractivity contribution in [1.82, 2.24) is 0 Å². The topological polar surface area (TPSA) is 132 Å². The van der Waals surface area contributed by atoms with Crippen LogP contribution in [0.25, 0.3) is 0 Å². The molecule has 9 heteroatoms. The summed E-state index contributed by atoms with van der Waals surface area (Å²) in [6, 6.07) is 0. The highest BCUT2D eigenvalue weighted by atomic mass is 16.7. The second kappa shape index (κ2) is 5.39. The summed E-state index contributed by atoms with van der Waals surface area (Å²) < 4.78 is 23.0. The first-order valence-electron chi connectivity index (χ1n) is 9.92. The van der Waals surface area contributed by atoms with Crippen molar-refractivity contribution in [1.29, 1.82) is 0 Å². The van der Waals surface area contributed by atoms with Gasteiger partial charge in [-0.25, -0.2) is 4.79 Å². The molecule has 6 unspecified atom stereocenters. The molecule has 2 aliphatic carbocycles. The molecular weight excluding hydrogens is 384 g/mol. The van der Waals surface area contributed by atoms with Crippen molar-refractivity contribution < 1.29 is 43.9 Å². The minimum Gasteiger partial charge on any atom is -0.457 e. The zero-order valence-electron chi connectivity index (χ0n) is 16.5. The fraction of sp³-hybridized carbons (Fsp3) is 0.800. The minimum absolute atomic E-state index is 0.106. The Balaban J connectivity index is 1.87. The lowest BCUT2D eigenvalue weighted by Crippen LogP contribution is -2.65. The van der Waals surface area contributed by atoms with Gasteiger partial charge in [0.25, 0.3) is 6.47 Å². The summed E-state index contributed by atoms with van der Waals surface area (Å²) in [5.41, 5.74) is -6.00. The van der Waals surface area contributed by atoms with Gasteiger partial charge in [0.05, 0.1) is 35.7 Å². The Bertz CT molecular complexity index is 812. The van der Waals surface area contributed by atoms with Crippen molar-refractivity contribution in [3.63, 3.8) is 0 Å². The van der Waals surface area contributed by atoms with Gasteiger partial charge in [0, 0.05) is 11.8 Å². The van der Waals surface area contributed by atoms with E-state index in [2.05, 4.69) is 6.58 Å². The van der Waals surface area contributed by atoms with E-state index in [0.29, 0.717) is 5.57 Å². The van der Waals surface area contributed by atoms with E-state index in [1.807, 2.05) is 0 Å². The Labute approximate surface area is 167 Å². The van der Waals surface area contributed by atoms with Gasteiger partial charge in [0.1, 0.15) is 11.7 Å². The van der Waals surface area contributed by atoms with Gasteiger partial charge in [-0.05, 0) is 20.3 Å². The number of esters is 1. The van der Waals surface area contributed by atoms with Crippen molar-refractivity contribution in [3.05, 3.63) is 12.2 Å². The van der Waals surface area contributed by atoms with Gasteiger partial charge in [-0.3, -0.25) is 4.79 Å². The fourth-order valence-corrected chi connectivity index (χ4v) is 7.78. The number of ether oxygens (including phenoxy) is 4. The predicted octanol–water partition coefficient (Wildman–Crippen LogP) is -0.730. The Morgan fingerprint density at radius 1 is 1.45 bits per heavy atom. The van der Waals surface area contributed by atoms with Crippen LogP contribution in [0.3, 0.4) is 0 Å². The summed E-state index contributed by atoms with van der Waals surface area (Å²) in [6.45, 7) is 9.33. The average molecular weight is 410 g/mol. The van der Waals surface area contributed by atoms with E-state index in [1.165, 1.54) is 6.92 Å². The van der Waals surface area contributed by atoms with Gasteiger partial charge in [0.15, 0.2) is 0 Å². The molecule has 3 heterocycles. The van der Waals surface area contributed by atoms with Crippen LogP contribution in [-0.2, 0) is 28.5 Å². The van der Waals surface area contributed by atoms with Crippen LogP contribution in [0.2, 0.25) is 0 Å². The molecule has 2 saturated carbocycles. The summed E-state index contributed by atoms with van der Waals surface area (Å²) >= 11 is 0. The number of hydrogen-bond acceptors (Lipinski definition) is 9. The second-order valence-corrected chi connectivity index (χ2v) is 9.34. The van der Waals surface area contributed by atoms with Crippen molar-refractivity contribution in [2.75, 3.05) is 6.61 Å². The molecule has 11 atom stereocenters. The second-order valence-electron chi connectivity index (χ2n) is 9.34. The minimum atomic E-state index is -1.94. The first kappa shape index (κ1) is 19.4. The van der Waals surface area contributed by atoms with E-state index in [0.717, 1.165) is 0 Å². The quantitative estimate of drug-likeness (QED) is 0.312. The molecule has 0 aromatic rings. The molecular formula is C20H26O9. The molecule has 9 nitrogen and oxygen atoms in total. The Morgan fingerprint density at radius 3 is 2.72 bits per heavy atom. The summed E-state index contributed by atoms with van der Waals surface area (Å²) in [5, 5.41) is 34.3. The van der Waals surface area contributed by atoms with E-state index >= 15 is 0 Å². The van der Waals surface area contributed by atoms with Gasteiger partial charge in [-0.1, -0.05) is 19.1 Å². The lowest BCUT2D eigenvalue weighted by molar-refractivity contribution is -0.250. The normalized spacial score (nSPS) is 57.8. The molecule has 3 aliphatic heterocycles. The van der Waals surface area contributed by atoms with Crippen LogP contribution in [0, 0.1) is 22.7 Å². The van der Waals surface area contributed by atoms with E-state index in [4.69, 9.17) is 18.9 Å². The Hall–Kier alpha value is -1.52. The van der Waals surface area contributed by atoms with Crippen molar-refractivity contribution >= 4 is 12.4 Å². The van der Waals surface area contributed by atoms with Crippen LogP contribution in [0.15, 0.2) is 12.2 Å². The highest BCUT2D eigenvalue weighted by Gasteiger charge is 2.99. The van der Waals surface area contributed by atoms with Crippen molar-refractivity contribution in [2.45, 2.75) is 69.1 Å². The molecule has 29 heavy (non-hydrogen) atoms. The maximum absolute atomic E-state index is 13.4. The molecule has 1 spiro atoms. The lowest BCUT2D eigenvalue weighted by atomic mass is 9.53. The summed E-state index contributed by atoms with van der Waals surface area (Å²) in [4.78, 5) is 24.7. The van der Waals surface area contributed by atoms with Crippen molar-refractivity contribution in [3.8, 4) is 0 Å². The zero-order chi connectivity index (χ0) is 21.1. The predicted molar refractivity (Wildman–Crippen MR) is 94.0 cm³/mol. The number of aliphatic hydroxyl groups is 3. The van der Waals surface area contributed by atoms with Crippen LogP contribution >= 0.6 is 0 Å². The van der Waals surface area contributed by atoms with Crippen LogP contribution < -0.4 is 0 Å². The Kier molecular flexibility index (Phi) is 3.61. The van der Waals surface area contributed by atoms with E-state index in [1.54, 1.807) is 13.8 Å². The molecule has 3 N–H and O–H groups in total. The smallest absolute Gasteiger partial charge is 0.342 e. The third-order valence-corrected chi connectivity index (χ3v) is 8.51. The molecule has 0 aromatic carbocycles. The lowest BCUT2D eigenvalue weighted by Gasteiger charge is -2.46. The SMILES string of the molecule is C=C(C)[C@@H]1[C@@H](O)C2OC(=O)C34OC(OC=O)C1([C@H](C)O)C23CC1OC[C@@H](C)[C@@]14O. The summed E-state index contributed by atoms with van der Waals surface area (Å²) in [5.74, 6) is -2.11. The van der Waals surface area contributed by atoms with E-state index < -0.39 is 70.5 Å². The van der Waals surface area contributed by atoms with Crippen LogP contribution in [-0.4, -0.2) is 76.3 Å². The van der Waals surface area contributed by atoms with Gasteiger partial charge >= 0.3 is 5.97 Å². The third kappa shape index (κ3) is 1.54. The largest absolute Gasteiger partial charge is 0.457 e. The third-order valence-electron chi connectivity index (χ3n) is 8.51. The standard InChI is InChI=1S/C20H26O9/c1-8(2)12-13(23)14-17-5-11-19(25,9(3)6-26-11)20(17,15(24)28-14)29-16(27-7-21)18(12,17)10(4)22/h7,9-14,16,22-23,25H,1,5-6H2,2-4H3/t9-,10+,11?,12-,13-,14?,16?,17?,18?,19-,20?/m1/s1. The van der Waals surface area contributed by atoms with Gasteiger partial charge in [-0.15, -0.1) is 0 Å². The van der Waals surface area contributed by atoms with Gasteiger partial charge in [0.2, 0.25) is 11.9 Å². The molecule has 5 rings (SSSR count).